The predicted molar refractivity (Wildman–Crippen MR) is 70.8 cm³/mol. The molecule has 2 rings (SSSR count). The standard InChI is InChI=1S/C11H10N4O3S/c12-10(13-6-4-2-1-3-5-6)19-7-8(16)14-11(18)15-9(7)17/h1-5,7H,(H2,12,13)(H2,14,15,16,17,18). The summed E-state index contributed by atoms with van der Waals surface area (Å²) in [5.74, 6) is -1.41. The average Bonchev–Trinajstić information content (AvgIpc) is 2.35. The molecule has 0 spiro atoms. The molecule has 1 fully saturated rings. The third-order valence-corrected chi connectivity index (χ3v) is 3.18. The number of thioether (sulfide) groups is 1. The van der Waals surface area contributed by atoms with Gasteiger partial charge in [-0.15, -0.1) is 0 Å². The van der Waals surface area contributed by atoms with Crippen molar-refractivity contribution in [3.63, 3.8) is 0 Å². The molecule has 0 bridgehead atoms. The first-order valence-corrected chi connectivity index (χ1v) is 6.16. The molecule has 4 N–H and O–H groups in total. The molecule has 4 amide bonds. The molecule has 1 saturated heterocycles. The van der Waals surface area contributed by atoms with E-state index in [9.17, 15) is 14.4 Å². The van der Waals surface area contributed by atoms with Crippen molar-refractivity contribution in [3.05, 3.63) is 30.3 Å². The number of carbonyl (C=O) groups excluding carboxylic acids is 3. The van der Waals surface area contributed by atoms with E-state index in [4.69, 9.17) is 5.73 Å². The first kappa shape index (κ1) is 13.1. The van der Waals surface area contributed by atoms with Crippen LogP contribution < -0.4 is 16.4 Å². The average molecular weight is 278 g/mol. The highest BCUT2D eigenvalue weighted by Gasteiger charge is 2.35. The number of hydrogen-bond acceptors (Lipinski definition) is 5. The fourth-order valence-electron chi connectivity index (χ4n) is 1.39. The first-order valence-electron chi connectivity index (χ1n) is 5.28. The Balaban J connectivity index is 2.08. The number of barbiturate groups is 1. The Labute approximate surface area is 112 Å². The van der Waals surface area contributed by atoms with Crippen LogP contribution in [-0.4, -0.2) is 28.3 Å². The second-order valence-corrected chi connectivity index (χ2v) is 4.72. The zero-order valence-corrected chi connectivity index (χ0v) is 10.4. The summed E-state index contributed by atoms with van der Waals surface area (Å²) in [7, 11) is 0. The highest BCUT2D eigenvalue weighted by Crippen LogP contribution is 2.17. The van der Waals surface area contributed by atoms with Crippen LogP contribution in [0.15, 0.2) is 35.3 Å². The zero-order valence-electron chi connectivity index (χ0n) is 9.62. The van der Waals surface area contributed by atoms with Gasteiger partial charge in [0.05, 0.1) is 5.69 Å². The van der Waals surface area contributed by atoms with E-state index in [2.05, 4.69) is 4.99 Å². The van der Waals surface area contributed by atoms with Crippen LogP contribution in [-0.2, 0) is 9.59 Å². The summed E-state index contributed by atoms with van der Waals surface area (Å²) in [6, 6.07) is 8.04. The van der Waals surface area contributed by atoms with E-state index in [1.807, 2.05) is 16.7 Å². The molecule has 1 heterocycles. The number of benzene rings is 1. The number of aliphatic imine (C=N–C) groups is 1. The van der Waals surface area contributed by atoms with Gasteiger partial charge in [0.15, 0.2) is 10.4 Å². The Morgan fingerprint density at radius 1 is 1.11 bits per heavy atom. The van der Waals surface area contributed by atoms with Crippen LogP contribution in [0.1, 0.15) is 0 Å². The number of rotatable bonds is 2. The summed E-state index contributed by atoms with van der Waals surface area (Å²) in [6.07, 6.45) is 0. The lowest BCUT2D eigenvalue weighted by atomic mass is 10.3. The lowest BCUT2D eigenvalue weighted by molar-refractivity contribution is -0.128. The minimum Gasteiger partial charge on any atom is -0.378 e. The van der Waals surface area contributed by atoms with Crippen molar-refractivity contribution >= 4 is 40.5 Å². The Kier molecular flexibility index (Phi) is 3.81. The third kappa shape index (κ3) is 3.32. The molecule has 1 aromatic rings. The summed E-state index contributed by atoms with van der Waals surface area (Å²) < 4.78 is 0. The molecule has 0 atom stereocenters. The number of nitrogens with zero attached hydrogens (tertiary/aromatic N) is 1. The van der Waals surface area contributed by atoms with Crippen LogP contribution in [0.4, 0.5) is 10.5 Å². The number of nitrogens with two attached hydrogens (primary N) is 1. The van der Waals surface area contributed by atoms with Crippen molar-refractivity contribution < 1.29 is 14.4 Å². The number of hydrogen-bond donors (Lipinski definition) is 3. The van der Waals surface area contributed by atoms with Gasteiger partial charge in [-0.2, -0.15) is 0 Å². The number of carbonyl (C=O) groups is 3. The van der Waals surface area contributed by atoms with E-state index >= 15 is 0 Å². The molecule has 0 unspecified atom stereocenters. The molecule has 0 radical (unpaired) electrons. The van der Waals surface area contributed by atoms with E-state index in [1.165, 1.54) is 0 Å². The maximum atomic E-state index is 11.5. The number of nitrogens with one attached hydrogen (secondary N) is 2. The first-order chi connectivity index (χ1) is 9.06. The van der Waals surface area contributed by atoms with Crippen molar-refractivity contribution in [1.29, 1.82) is 0 Å². The highest BCUT2D eigenvalue weighted by molar-refractivity contribution is 8.15. The fourth-order valence-corrected chi connectivity index (χ4v) is 2.12. The van der Waals surface area contributed by atoms with Gasteiger partial charge in [0.1, 0.15) is 0 Å². The van der Waals surface area contributed by atoms with Crippen LogP contribution >= 0.6 is 11.8 Å². The number of imide groups is 2. The molecule has 1 aliphatic rings. The van der Waals surface area contributed by atoms with Crippen molar-refractivity contribution in [2.24, 2.45) is 10.7 Å². The molecule has 8 heteroatoms. The van der Waals surface area contributed by atoms with Gasteiger partial charge in [0.2, 0.25) is 0 Å². The number of amidine groups is 1. The molecule has 0 saturated carbocycles. The second kappa shape index (κ2) is 5.53. The Hall–Kier alpha value is -2.35. The zero-order chi connectivity index (χ0) is 13.8. The molecular formula is C11H10N4O3S. The normalized spacial score (nSPS) is 17.1. The van der Waals surface area contributed by atoms with Crippen LogP contribution in [0.5, 0.6) is 0 Å². The van der Waals surface area contributed by atoms with Gasteiger partial charge in [0.25, 0.3) is 11.8 Å². The SMILES string of the molecule is NC(=Nc1ccccc1)SC1C(=O)NC(=O)NC1=O. The van der Waals surface area contributed by atoms with E-state index in [-0.39, 0.29) is 5.17 Å². The van der Waals surface area contributed by atoms with Crippen LogP contribution in [0.25, 0.3) is 0 Å². The van der Waals surface area contributed by atoms with Gasteiger partial charge in [-0.25, -0.2) is 9.79 Å². The number of amides is 4. The van der Waals surface area contributed by atoms with Crippen molar-refractivity contribution in [3.8, 4) is 0 Å². The smallest absolute Gasteiger partial charge is 0.328 e. The molecule has 7 nitrogen and oxygen atoms in total. The largest absolute Gasteiger partial charge is 0.378 e. The van der Waals surface area contributed by atoms with Gasteiger partial charge < -0.3 is 5.73 Å². The van der Waals surface area contributed by atoms with E-state index in [0.717, 1.165) is 11.8 Å². The van der Waals surface area contributed by atoms with E-state index in [0.29, 0.717) is 5.69 Å². The molecule has 1 aliphatic heterocycles. The monoisotopic (exact) mass is 278 g/mol. The molecule has 19 heavy (non-hydrogen) atoms. The second-order valence-electron chi connectivity index (χ2n) is 3.59. The minimum absolute atomic E-state index is 0.0656. The van der Waals surface area contributed by atoms with Crippen LogP contribution in [0.3, 0.4) is 0 Å². The summed E-state index contributed by atoms with van der Waals surface area (Å²) in [6.45, 7) is 0. The fraction of sp³-hybridized carbons (Fsp3) is 0.0909. The summed E-state index contributed by atoms with van der Waals surface area (Å²) in [5, 5.41) is 2.92. The van der Waals surface area contributed by atoms with Crippen molar-refractivity contribution in [1.82, 2.24) is 10.6 Å². The summed E-state index contributed by atoms with van der Waals surface area (Å²) in [4.78, 5) is 37.9. The summed E-state index contributed by atoms with van der Waals surface area (Å²) >= 11 is 0.785. The lowest BCUT2D eigenvalue weighted by Gasteiger charge is -2.19. The van der Waals surface area contributed by atoms with Crippen molar-refractivity contribution in [2.75, 3.05) is 0 Å². The Morgan fingerprint density at radius 2 is 1.68 bits per heavy atom. The molecule has 0 aliphatic carbocycles. The number of urea groups is 1. The topological polar surface area (TPSA) is 114 Å². The highest BCUT2D eigenvalue weighted by atomic mass is 32.2. The molecule has 1 aromatic carbocycles. The minimum atomic E-state index is -1.12. The molecular weight excluding hydrogens is 268 g/mol. The van der Waals surface area contributed by atoms with E-state index in [1.54, 1.807) is 24.3 Å². The lowest BCUT2D eigenvalue weighted by Crippen LogP contribution is -2.57. The predicted octanol–water partition coefficient (Wildman–Crippen LogP) is 0.101. The van der Waals surface area contributed by atoms with Gasteiger partial charge in [-0.3, -0.25) is 20.2 Å². The quantitative estimate of drug-likeness (QED) is 0.403. The van der Waals surface area contributed by atoms with Gasteiger partial charge in [-0.05, 0) is 12.1 Å². The van der Waals surface area contributed by atoms with Gasteiger partial charge >= 0.3 is 6.03 Å². The Morgan fingerprint density at radius 3 is 2.26 bits per heavy atom. The van der Waals surface area contributed by atoms with Crippen molar-refractivity contribution in [2.45, 2.75) is 5.25 Å². The molecule has 98 valence electrons. The third-order valence-electron chi connectivity index (χ3n) is 2.18. The van der Waals surface area contributed by atoms with Crippen LogP contribution in [0.2, 0.25) is 0 Å². The maximum absolute atomic E-state index is 11.5. The van der Waals surface area contributed by atoms with Gasteiger partial charge in [-0.1, -0.05) is 30.0 Å². The van der Waals surface area contributed by atoms with Crippen LogP contribution in [0, 0.1) is 0 Å². The van der Waals surface area contributed by atoms with Gasteiger partial charge in [0, 0.05) is 0 Å². The molecule has 0 aromatic heterocycles. The summed E-state index contributed by atoms with van der Waals surface area (Å²) in [5.41, 5.74) is 6.27. The number of para-hydroxylation sites is 1. The Bertz CT molecular complexity index is 538. The van der Waals surface area contributed by atoms with E-state index < -0.39 is 23.1 Å². The maximum Gasteiger partial charge on any atom is 0.328 e.